The summed E-state index contributed by atoms with van der Waals surface area (Å²) in [6.45, 7) is 7.79. The van der Waals surface area contributed by atoms with Crippen LogP contribution >= 0.6 is 0 Å². The van der Waals surface area contributed by atoms with E-state index in [9.17, 15) is 19.2 Å². The van der Waals surface area contributed by atoms with Gasteiger partial charge in [0.1, 0.15) is 11.8 Å². The molecule has 1 heterocycles. The van der Waals surface area contributed by atoms with Crippen LogP contribution in [0.5, 0.6) is 0 Å². The first kappa shape index (κ1) is 30.2. The second kappa shape index (κ2) is 13.6. The highest BCUT2D eigenvalue weighted by Crippen LogP contribution is 2.47. The topological polar surface area (TPSA) is 128 Å². The molecule has 0 saturated heterocycles. The fraction of sp³-hybridized carbons (Fsp3) is 0.567. The Balaban J connectivity index is 1.77. The van der Waals surface area contributed by atoms with Crippen LogP contribution in [0.4, 0.5) is 0 Å². The molecule has 1 aromatic heterocycles. The number of aromatic nitrogens is 1. The van der Waals surface area contributed by atoms with Crippen molar-refractivity contribution in [2.24, 2.45) is 17.3 Å². The highest BCUT2D eigenvalue weighted by atomic mass is 16.5. The number of carbonyl (C=O) groups excluding carboxylic acids is 4. The molecule has 0 bridgehead atoms. The van der Waals surface area contributed by atoms with Gasteiger partial charge >= 0.3 is 0 Å². The van der Waals surface area contributed by atoms with Crippen molar-refractivity contribution in [2.45, 2.75) is 78.3 Å². The Kier molecular flexibility index (Phi) is 10.6. The number of ketones is 2. The quantitative estimate of drug-likeness (QED) is 0.333. The Morgan fingerprint density at radius 2 is 1.77 bits per heavy atom. The number of carbonyl (C=O) groups is 4. The van der Waals surface area contributed by atoms with Gasteiger partial charge in [-0.2, -0.15) is 0 Å². The number of ether oxygens (including phenoxy) is 1. The Bertz CT molecular complexity index is 1140. The fourth-order valence-corrected chi connectivity index (χ4v) is 4.59. The average molecular weight is 540 g/mol. The van der Waals surface area contributed by atoms with Crippen LogP contribution in [-0.2, 0) is 32.0 Å². The molecule has 2 amide bonds. The van der Waals surface area contributed by atoms with Crippen molar-refractivity contribution >= 4 is 23.4 Å². The zero-order chi connectivity index (χ0) is 28.6. The summed E-state index contributed by atoms with van der Waals surface area (Å²) >= 11 is 0. The second-order valence-electron chi connectivity index (χ2n) is 11.2. The van der Waals surface area contributed by atoms with Gasteiger partial charge in [0.25, 0.3) is 5.91 Å². The van der Waals surface area contributed by atoms with Gasteiger partial charge in [0.05, 0.1) is 12.6 Å². The van der Waals surface area contributed by atoms with Crippen molar-refractivity contribution in [2.75, 3.05) is 13.7 Å². The van der Waals surface area contributed by atoms with Gasteiger partial charge in [0, 0.05) is 37.4 Å². The smallest absolute Gasteiger partial charge is 0.274 e. The molecule has 9 heteroatoms. The van der Waals surface area contributed by atoms with Gasteiger partial charge in [-0.25, -0.2) is 0 Å². The van der Waals surface area contributed by atoms with Crippen molar-refractivity contribution in [3.63, 3.8) is 0 Å². The zero-order valence-corrected chi connectivity index (χ0v) is 23.6. The maximum absolute atomic E-state index is 13.6. The standard InChI is InChI=1S/C30H41N3O6/c1-6-22-17-24(33-39-22)29(37)32-25(18-38-5)26(34)16-21(15-20-10-8-7-9-11-20)28(36)31-23(14-19(2)3)27(35)30(4)12-13-30/h7-11,17,19,21,23,25H,6,12-16,18H2,1-5H3,(H,31,36)(H,32,37)/t21-,23+,25+/m1/s1. The maximum atomic E-state index is 13.6. The molecular formula is C30H41N3O6. The van der Waals surface area contributed by atoms with Gasteiger partial charge in [-0.15, -0.1) is 0 Å². The molecule has 39 heavy (non-hydrogen) atoms. The number of hydrogen-bond acceptors (Lipinski definition) is 7. The van der Waals surface area contributed by atoms with Crippen molar-refractivity contribution < 1.29 is 28.4 Å². The molecule has 1 fully saturated rings. The Morgan fingerprint density at radius 3 is 2.33 bits per heavy atom. The summed E-state index contributed by atoms with van der Waals surface area (Å²) < 4.78 is 10.3. The largest absolute Gasteiger partial charge is 0.382 e. The van der Waals surface area contributed by atoms with Gasteiger partial charge in [0.2, 0.25) is 5.91 Å². The van der Waals surface area contributed by atoms with E-state index in [2.05, 4.69) is 15.8 Å². The number of nitrogens with zero attached hydrogens (tertiary/aromatic N) is 1. The summed E-state index contributed by atoms with van der Waals surface area (Å²) in [6.07, 6.45) is 2.95. The monoisotopic (exact) mass is 539 g/mol. The molecule has 1 saturated carbocycles. The summed E-state index contributed by atoms with van der Waals surface area (Å²) in [7, 11) is 1.44. The molecular weight excluding hydrogens is 498 g/mol. The molecule has 0 aliphatic heterocycles. The van der Waals surface area contributed by atoms with Crippen LogP contribution in [0.2, 0.25) is 0 Å². The first-order valence-corrected chi connectivity index (χ1v) is 13.7. The van der Waals surface area contributed by atoms with Gasteiger partial charge in [-0.3, -0.25) is 19.2 Å². The molecule has 1 aromatic carbocycles. The minimum atomic E-state index is -0.978. The molecule has 1 aliphatic carbocycles. The third-order valence-corrected chi connectivity index (χ3v) is 7.25. The first-order valence-electron chi connectivity index (χ1n) is 13.7. The summed E-state index contributed by atoms with van der Waals surface area (Å²) in [5.74, 6) is -1.16. The third kappa shape index (κ3) is 8.58. The normalized spacial score (nSPS) is 16.3. The van der Waals surface area contributed by atoms with E-state index in [4.69, 9.17) is 9.26 Å². The molecule has 3 atom stereocenters. The van der Waals surface area contributed by atoms with Gasteiger partial charge in [-0.1, -0.05) is 63.2 Å². The molecule has 0 spiro atoms. The molecule has 2 N–H and O–H groups in total. The lowest BCUT2D eigenvalue weighted by molar-refractivity contribution is -0.134. The average Bonchev–Trinajstić information content (AvgIpc) is 3.47. The van der Waals surface area contributed by atoms with E-state index in [0.29, 0.717) is 25.0 Å². The van der Waals surface area contributed by atoms with Crippen LogP contribution in [0.1, 0.15) is 75.2 Å². The fourth-order valence-electron chi connectivity index (χ4n) is 4.59. The minimum Gasteiger partial charge on any atom is -0.382 e. The van der Waals surface area contributed by atoms with Gasteiger partial charge in [-0.05, 0) is 37.2 Å². The number of amides is 2. The van der Waals surface area contributed by atoms with Crippen molar-refractivity contribution in [1.29, 1.82) is 0 Å². The minimum absolute atomic E-state index is 0.0536. The predicted octanol–water partition coefficient (Wildman–Crippen LogP) is 3.70. The molecule has 0 radical (unpaired) electrons. The molecule has 3 rings (SSSR count). The number of Topliss-reactive ketones (excluding diaryl/α,β-unsaturated/α-hetero) is 2. The third-order valence-electron chi connectivity index (χ3n) is 7.25. The predicted molar refractivity (Wildman–Crippen MR) is 146 cm³/mol. The van der Waals surface area contributed by atoms with Crippen LogP contribution in [0, 0.1) is 17.3 Å². The lowest BCUT2D eigenvalue weighted by Crippen LogP contribution is -2.49. The highest BCUT2D eigenvalue weighted by molar-refractivity contribution is 5.98. The van der Waals surface area contributed by atoms with Crippen LogP contribution in [-0.4, -0.2) is 54.3 Å². The maximum Gasteiger partial charge on any atom is 0.274 e. The van der Waals surface area contributed by atoms with Gasteiger partial charge < -0.3 is 19.9 Å². The number of hydrogen-bond donors (Lipinski definition) is 2. The number of aryl methyl sites for hydroxylation is 1. The van der Waals surface area contributed by atoms with E-state index in [1.807, 2.05) is 58.0 Å². The summed E-state index contributed by atoms with van der Waals surface area (Å²) in [5.41, 5.74) is 0.584. The second-order valence-corrected chi connectivity index (χ2v) is 11.2. The summed E-state index contributed by atoms with van der Waals surface area (Å²) in [5, 5.41) is 9.42. The summed E-state index contributed by atoms with van der Waals surface area (Å²) in [6, 6.07) is 9.38. The van der Waals surface area contributed by atoms with Crippen LogP contribution in [0.25, 0.3) is 0 Å². The van der Waals surface area contributed by atoms with Crippen molar-refractivity contribution in [3.05, 3.63) is 53.4 Å². The number of rotatable bonds is 16. The van der Waals surface area contributed by atoms with E-state index < -0.39 is 23.9 Å². The highest BCUT2D eigenvalue weighted by Gasteiger charge is 2.48. The van der Waals surface area contributed by atoms with Crippen LogP contribution in [0.3, 0.4) is 0 Å². The Morgan fingerprint density at radius 1 is 1.08 bits per heavy atom. The lowest BCUT2D eigenvalue weighted by atomic mass is 9.88. The van der Waals surface area contributed by atoms with Crippen LogP contribution in [0.15, 0.2) is 40.9 Å². The number of benzene rings is 1. The number of methoxy groups -OCH3 is 1. The zero-order valence-electron chi connectivity index (χ0n) is 23.6. The van der Waals surface area contributed by atoms with Gasteiger partial charge in [0.15, 0.2) is 17.3 Å². The molecule has 0 unspecified atom stereocenters. The molecule has 2 aromatic rings. The van der Waals surface area contributed by atoms with E-state index >= 15 is 0 Å². The Labute approximate surface area is 230 Å². The molecule has 212 valence electrons. The van der Waals surface area contributed by atoms with E-state index in [-0.39, 0.29) is 47.5 Å². The van der Waals surface area contributed by atoms with E-state index in [1.54, 1.807) is 0 Å². The van der Waals surface area contributed by atoms with Crippen LogP contribution < -0.4 is 10.6 Å². The van der Waals surface area contributed by atoms with E-state index in [1.165, 1.54) is 13.2 Å². The number of nitrogens with one attached hydrogen (secondary N) is 2. The molecule has 1 aliphatic rings. The Hall–Kier alpha value is -3.33. The first-order chi connectivity index (χ1) is 18.6. The van der Waals surface area contributed by atoms with Crippen molar-refractivity contribution in [1.82, 2.24) is 15.8 Å². The van der Waals surface area contributed by atoms with E-state index in [0.717, 1.165) is 18.4 Å². The lowest BCUT2D eigenvalue weighted by Gasteiger charge is -2.26. The molecule has 9 nitrogen and oxygen atoms in total. The summed E-state index contributed by atoms with van der Waals surface area (Å²) in [4.78, 5) is 53.0. The SMILES string of the molecule is CCc1cc(C(=O)N[C@@H](COC)C(=O)C[C@@H](Cc2ccccc2)C(=O)N[C@@H](CC(C)C)C(=O)C2(C)CC2)no1. The van der Waals surface area contributed by atoms with Crippen molar-refractivity contribution in [3.8, 4) is 0 Å².